The first-order valence-electron chi connectivity index (χ1n) is 7.81. The Hall–Kier alpha value is -1.39. The third-order valence-electron chi connectivity index (χ3n) is 4.53. The molecule has 1 spiro atoms. The number of morpholine rings is 1. The van der Waals surface area contributed by atoms with Gasteiger partial charge in [-0.2, -0.15) is 0 Å². The van der Waals surface area contributed by atoms with Crippen molar-refractivity contribution in [2.45, 2.75) is 24.9 Å². The van der Waals surface area contributed by atoms with Crippen LogP contribution in [0.4, 0.5) is 0 Å². The average molecular weight is 288 g/mol. The maximum atomic E-state index is 12.5. The molecule has 0 saturated carbocycles. The number of carbonyl (C=O) groups excluding carboxylic acids is 1. The summed E-state index contributed by atoms with van der Waals surface area (Å²) in [6.07, 6.45) is 2.59. The van der Waals surface area contributed by atoms with Crippen LogP contribution in [-0.2, 0) is 16.0 Å². The second-order valence-electron chi connectivity index (χ2n) is 6.35. The first kappa shape index (κ1) is 14.5. The molecule has 1 unspecified atom stereocenters. The van der Waals surface area contributed by atoms with E-state index in [4.69, 9.17) is 4.74 Å². The molecule has 0 bridgehead atoms. The minimum Gasteiger partial charge on any atom is -0.370 e. The Labute approximate surface area is 126 Å². The van der Waals surface area contributed by atoms with Crippen molar-refractivity contribution in [3.05, 3.63) is 35.9 Å². The fraction of sp³-hybridized carbons (Fsp3) is 0.588. The highest BCUT2D eigenvalue weighted by Crippen LogP contribution is 2.28. The number of benzene rings is 1. The van der Waals surface area contributed by atoms with E-state index in [0.717, 1.165) is 51.2 Å². The summed E-state index contributed by atoms with van der Waals surface area (Å²) in [4.78, 5) is 16.8. The van der Waals surface area contributed by atoms with Crippen LogP contribution < -0.4 is 0 Å². The normalized spacial score (nSPS) is 27.0. The summed E-state index contributed by atoms with van der Waals surface area (Å²) in [7, 11) is 2.13. The zero-order valence-electron chi connectivity index (χ0n) is 12.8. The van der Waals surface area contributed by atoms with Crippen LogP contribution in [0.3, 0.4) is 0 Å². The fourth-order valence-electron chi connectivity index (χ4n) is 3.47. The highest BCUT2D eigenvalue weighted by Gasteiger charge is 2.40. The number of ether oxygens (including phenoxy) is 1. The van der Waals surface area contributed by atoms with Gasteiger partial charge in [0.2, 0.25) is 5.91 Å². The van der Waals surface area contributed by atoms with Gasteiger partial charge in [-0.25, -0.2) is 0 Å². The van der Waals surface area contributed by atoms with E-state index in [1.54, 1.807) is 0 Å². The van der Waals surface area contributed by atoms with Crippen molar-refractivity contribution >= 4 is 5.91 Å². The Kier molecular flexibility index (Phi) is 4.27. The molecule has 2 heterocycles. The van der Waals surface area contributed by atoms with Gasteiger partial charge >= 0.3 is 0 Å². The zero-order valence-corrected chi connectivity index (χ0v) is 12.8. The largest absolute Gasteiger partial charge is 0.370 e. The maximum absolute atomic E-state index is 12.5. The minimum atomic E-state index is -0.141. The first-order chi connectivity index (χ1) is 10.2. The van der Waals surface area contributed by atoms with Crippen LogP contribution >= 0.6 is 0 Å². The Morgan fingerprint density at radius 3 is 2.81 bits per heavy atom. The Morgan fingerprint density at radius 1 is 1.24 bits per heavy atom. The first-order valence-corrected chi connectivity index (χ1v) is 7.81. The number of likely N-dealkylation sites (N-methyl/N-ethyl adjacent to an activating group) is 1. The van der Waals surface area contributed by atoms with Crippen molar-refractivity contribution in [3.63, 3.8) is 0 Å². The molecular formula is C17H24N2O2. The third-order valence-corrected chi connectivity index (χ3v) is 4.53. The number of nitrogens with zero attached hydrogens (tertiary/aromatic N) is 2. The minimum absolute atomic E-state index is 0.141. The summed E-state index contributed by atoms with van der Waals surface area (Å²) in [5, 5.41) is 0. The van der Waals surface area contributed by atoms with Crippen LogP contribution in [0.2, 0.25) is 0 Å². The summed E-state index contributed by atoms with van der Waals surface area (Å²) in [5.41, 5.74) is 0.946. The quantitative estimate of drug-likeness (QED) is 0.828. The third kappa shape index (κ3) is 3.44. The van der Waals surface area contributed by atoms with Crippen molar-refractivity contribution in [2.24, 2.45) is 0 Å². The van der Waals surface area contributed by atoms with Crippen molar-refractivity contribution < 1.29 is 9.53 Å². The summed E-state index contributed by atoms with van der Waals surface area (Å²) in [6, 6.07) is 9.99. The second kappa shape index (κ2) is 6.16. The standard InChI is InChI=1S/C17H24N2O2/c1-18-10-11-21-17(13-18)8-5-9-19(14-17)16(20)12-15-6-3-2-4-7-15/h2-4,6-7H,5,8-14H2,1H3. The summed E-state index contributed by atoms with van der Waals surface area (Å²) in [5.74, 6) is 0.220. The predicted molar refractivity (Wildman–Crippen MR) is 82.1 cm³/mol. The number of hydrogen-bond donors (Lipinski definition) is 0. The van der Waals surface area contributed by atoms with E-state index in [1.165, 1.54) is 0 Å². The number of likely N-dealkylation sites (tertiary alicyclic amines) is 1. The van der Waals surface area contributed by atoms with Crippen molar-refractivity contribution in [3.8, 4) is 0 Å². The van der Waals surface area contributed by atoms with Crippen LogP contribution in [0.5, 0.6) is 0 Å². The molecule has 1 aromatic carbocycles. The molecule has 4 heteroatoms. The van der Waals surface area contributed by atoms with Crippen LogP contribution in [0, 0.1) is 0 Å². The van der Waals surface area contributed by atoms with E-state index in [1.807, 2.05) is 35.2 Å². The van der Waals surface area contributed by atoms with Gasteiger partial charge in [-0.3, -0.25) is 4.79 Å². The van der Waals surface area contributed by atoms with Gasteiger partial charge in [0, 0.05) is 19.6 Å². The topological polar surface area (TPSA) is 32.8 Å². The molecule has 4 nitrogen and oxygen atoms in total. The fourth-order valence-corrected chi connectivity index (χ4v) is 3.47. The smallest absolute Gasteiger partial charge is 0.227 e. The van der Waals surface area contributed by atoms with Crippen molar-refractivity contribution in [1.29, 1.82) is 0 Å². The average Bonchev–Trinajstić information content (AvgIpc) is 2.48. The molecule has 2 aliphatic heterocycles. The Bertz CT molecular complexity index is 487. The Balaban J connectivity index is 1.64. The molecule has 1 aromatic rings. The molecular weight excluding hydrogens is 264 g/mol. The van der Waals surface area contributed by atoms with Gasteiger partial charge < -0.3 is 14.5 Å². The van der Waals surface area contributed by atoms with E-state index in [2.05, 4.69) is 11.9 Å². The van der Waals surface area contributed by atoms with Gasteiger partial charge in [-0.05, 0) is 25.5 Å². The van der Waals surface area contributed by atoms with Crippen LogP contribution in [-0.4, -0.2) is 61.1 Å². The van der Waals surface area contributed by atoms with E-state index in [9.17, 15) is 4.79 Å². The van der Waals surface area contributed by atoms with E-state index >= 15 is 0 Å². The van der Waals surface area contributed by atoms with E-state index in [0.29, 0.717) is 6.42 Å². The lowest BCUT2D eigenvalue weighted by Crippen LogP contribution is -2.60. The summed E-state index contributed by atoms with van der Waals surface area (Å²) in [6.45, 7) is 4.29. The Morgan fingerprint density at radius 2 is 2.05 bits per heavy atom. The van der Waals surface area contributed by atoms with Gasteiger partial charge in [0.25, 0.3) is 0 Å². The van der Waals surface area contributed by atoms with Gasteiger partial charge in [0.15, 0.2) is 0 Å². The number of rotatable bonds is 2. The van der Waals surface area contributed by atoms with E-state index < -0.39 is 0 Å². The van der Waals surface area contributed by atoms with E-state index in [-0.39, 0.29) is 11.5 Å². The molecule has 0 radical (unpaired) electrons. The molecule has 2 saturated heterocycles. The van der Waals surface area contributed by atoms with Gasteiger partial charge in [-0.15, -0.1) is 0 Å². The molecule has 1 amide bonds. The SMILES string of the molecule is CN1CCOC2(CCCN(C(=O)Cc3ccccc3)C2)C1. The summed E-state index contributed by atoms with van der Waals surface area (Å²) < 4.78 is 6.07. The van der Waals surface area contributed by atoms with Crippen LogP contribution in [0.15, 0.2) is 30.3 Å². The van der Waals surface area contributed by atoms with Crippen molar-refractivity contribution in [2.75, 3.05) is 39.8 Å². The monoisotopic (exact) mass is 288 g/mol. The van der Waals surface area contributed by atoms with Crippen LogP contribution in [0.1, 0.15) is 18.4 Å². The molecule has 0 aliphatic carbocycles. The number of hydrogen-bond acceptors (Lipinski definition) is 3. The molecule has 0 aromatic heterocycles. The maximum Gasteiger partial charge on any atom is 0.227 e. The zero-order chi connectivity index (χ0) is 14.7. The molecule has 0 N–H and O–H groups in total. The molecule has 114 valence electrons. The lowest BCUT2D eigenvalue weighted by Gasteiger charge is -2.47. The van der Waals surface area contributed by atoms with Gasteiger partial charge in [-0.1, -0.05) is 30.3 Å². The van der Waals surface area contributed by atoms with Gasteiger partial charge in [0.1, 0.15) is 0 Å². The van der Waals surface area contributed by atoms with Crippen LogP contribution in [0.25, 0.3) is 0 Å². The number of piperidine rings is 1. The second-order valence-corrected chi connectivity index (χ2v) is 6.35. The number of amides is 1. The summed E-state index contributed by atoms with van der Waals surface area (Å²) >= 11 is 0. The molecule has 1 atom stereocenters. The lowest BCUT2D eigenvalue weighted by atomic mass is 9.90. The number of carbonyl (C=O) groups is 1. The predicted octanol–water partition coefficient (Wildman–Crippen LogP) is 1.55. The molecule has 3 rings (SSSR count). The highest BCUT2D eigenvalue weighted by molar-refractivity contribution is 5.79. The lowest BCUT2D eigenvalue weighted by molar-refractivity contribution is -0.154. The van der Waals surface area contributed by atoms with Gasteiger partial charge in [0.05, 0.1) is 25.2 Å². The molecule has 2 fully saturated rings. The molecule has 2 aliphatic rings. The highest BCUT2D eigenvalue weighted by atomic mass is 16.5. The molecule has 21 heavy (non-hydrogen) atoms. The van der Waals surface area contributed by atoms with Crippen molar-refractivity contribution in [1.82, 2.24) is 9.80 Å².